The van der Waals surface area contributed by atoms with E-state index in [2.05, 4.69) is 0 Å². The molecule has 0 N–H and O–H groups in total. The number of aryl methyl sites for hydroxylation is 1. The largest absolute Gasteiger partial charge is 0.427 e. The number of anilines is 1. The van der Waals surface area contributed by atoms with Crippen molar-refractivity contribution in [2.24, 2.45) is 0 Å². The lowest BCUT2D eigenvalue weighted by Crippen LogP contribution is -2.31. The number of esters is 1. The molecule has 22 heavy (non-hydrogen) atoms. The first-order valence-electron chi connectivity index (χ1n) is 7.19. The Hall–Kier alpha value is -2.62. The van der Waals surface area contributed by atoms with Crippen LogP contribution in [0.3, 0.4) is 0 Å². The van der Waals surface area contributed by atoms with Gasteiger partial charge in [0.1, 0.15) is 5.75 Å². The number of ether oxygens (including phenoxy) is 1. The van der Waals surface area contributed by atoms with Crippen LogP contribution in [0.4, 0.5) is 5.69 Å². The van der Waals surface area contributed by atoms with Crippen molar-refractivity contribution in [1.29, 1.82) is 0 Å². The maximum Gasteiger partial charge on any atom is 0.308 e. The lowest BCUT2D eigenvalue weighted by molar-refractivity contribution is -0.131. The summed E-state index contributed by atoms with van der Waals surface area (Å²) in [5, 5.41) is 0. The molecule has 0 spiro atoms. The van der Waals surface area contributed by atoms with Gasteiger partial charge in [-0.3, -0.25) is 9.59 Å². The Labute approximate surface area is 130 Å². The van der Waals surface area contributed by atoms with E-state index in [0.29, 0.717) is 17.9 Å². The Bertz CT molecular complexity index is 677. The van der Waals surface area contributed by atoms with Crippen LogP contribution in [0.1, 0.15) is 29.8 Å². The van der Waals surface area contributed by atoms with E-state index in [4.69, 9.17) is 4.74 Å². The number of para-hydroxylation sites is 1. The summed E-state index contributed by atoms with van der Waals surface area (Å²) in [5.41, 5.74) is 2.51. The molecule has 0 aliphatic carbocycles. The molecular formula is C18H19NO3. The van der Waals surface area contributed by atoms with Crippen molar-refractivity contribution in [3.05, 3.63) is 59.7 Å². The lowest BCUT2D eigenvalue weighted by atomic mass is 10.1. The highest BCUT2D eigenvalue weighted by Crippen LogP contribution is 2.22. The Kier molecular flexibility index (Phi) is 4.94. The van der Waals surface area contributed by atoms with E-state index in [-0.39, 0.29) is 11.9 Å². The molecule has 0 fully saturated rings. The molecule has 0 unspecified atom stereocenters. The van der Waals surface area contributed by atoms with Crippen molar-refractivity contribution < 1.29 is 14.3 Å². The van der Waals surface area contributed by atoms with E-state index >= 15 is 0 Å². The average Bonchev–Trinajstić information content (AvgIpc) is 2.50. The third-order valence-corrected chi connectivity index (χ3v) is 3.33. The first-order valence-corrected chi connectivity index (χ1v) is 7.19. The molecule has 0 saturated carbocycles. The SMILES string of the molecule is CCN(C(=O)c1ccc(OC(C)=O)cc1)c1ccccc1C. The van der Waals surface area contributed by atoms with Gasteiger partial charge in [-0.2, -0.15) is 0 Å². The highest BCUT2D eigenvalue weighted by Gasteiger charge is 2.17. The van der Waals surface area contributed by atoms with Gasteiger partial charge in [-0.05, 0) is 49.7 Å². The monoisotopic (exact) mass is 297 g/mol. The van der Waals surface area contributed by atoms with Crippen LogP contribution in [-0.4, -0.2) is 18.4 Å². The minimum absolute atomic E-state index is 0.0776. The molecular weight excluding hydrogens is 278 g/mol. The second-order valence-corrected chi connectivity index (χ2v) is 4.95. The van der Waals surface area contributed by atoms with Crippen molar-refractivity contribution >= 4 is 17.6 Å². The van der Waals surface area contributed by atoms with Crippen LogP contribution in [0.15, 0.2) is 48.5 Å². The third-order valence-electron chi connectivity index (χ3n) is 3.33. The van der Waals surface area contributed by atoms with Gasteiger partial charge in [0.05, 0.1) is 0 Å². The highest BCUT2D eigenvalue weighted by molar-refractivity contribution is 6.06. The van der Waals surface area contributed by atoms with E-state index in [0.717, 1.165) is 11.3 Å². The van der Waals surface area contributed by atoms with Gasteiger partial charge in [0.25, 0.3) is 5.91 Å². The predicted octanol–water partition coefficient (Wildman–Crippen LogP) is 3.59. The summed E-state index contributed by atoms with van der Waals surface area (Å²) in [7, 11) is 0. The number of nitrogens with zero attached hydrogens (tertiary/aromatic N) is 1. The zero-order valence-electron chi connectivity index (χ0n) is 13.0. The quantitative estimate of drug-likeness (QED) is 0.640. The van der Waals surface area contributed by atoms with Crippen molar-refractivity contribution in [2.75, 3.05) is 11.4 Å². The van der Waals surface area contributed by atoms with Crippen molar-refractivity contribution in [3.8, 4) is 5.75 Å². The molecule has 114 valence electrons. The summed E-state index contributed by atoms with van der Waals surface area (Å²) in [6, 6.07) is 14.4. The Morgan fingerprint density at radius 3 is 2.23 bits per heavy atom. The molecule has 0 saturated heterocycles. The van der Waals surface area contributed by atoms with E-state index in [1.807, 2.05) is 38.1 Å². The fourth-order valence-corrected chi connectivity index (χ4v) is 2.28. The molecule has 0 aliphatic heterocycles. The fraction of sp³-hybridized carbons (Fsp3) is 0.222. The number of carbonyl (C=O) groups is 2. The summed E-state index contributed by atoms with van der Waals surface area (Å²) in [4.78, 5) is 25.3. The van der Waals surface area contributed by atoms with Crippen LogP contribution in [0.5, 0.6) is 5.75 Å². The standard InChI is InChI=1S/C18H19NO3/c1-4-19(17-8-6-5-7-13(17)2)18(21)15-9-11-16(12-10-15)22-14(3)20/h5-12H,4H2,1-3H3. The van der Waals surface area contributed by atoms with Gasteiger partial charge in [-0.15, -0.1) is 0 Å². The fourth-order valence-electron chi connectivity index (χ4n) is 2.28. The van der Waals surface area contributed by atoms with Crippen molar-refractivity contribution in [1.82, 2.24) is 0 Å². The Morgan fingerprint density at radius 1 is 1.05 bits per heavy atom. The highest BCUT2D eigenvalue weighted by atomic mass is 16.5. The third kappa shape index (κ3) is 3.52. The van der Waals surface area contributed by atoms with Crippen molar-refractivity contribution in [2.45, 2.75) is 20.8 Å². The van der Waals surface area contributed by atoms with E-state index in [1.165, 1.54) is 6.92 Å². The summed E-state index contributed by atoms with van der Waals surface area (Å²) in [5.74, 6) is -0.0247. The molecule has 0 radical (unpaired) electrons. The van der Waals surface area contributed by atoms with Gasteiger partial charge in [0, 0.05) is 24.7 Å². The maximum absolute atomic E-state index is 12.7. The molecule has 4 nitrogen and oxygen atoms in total. The maximum atomic E-state index is 12.7. The first kappa shape index (κ1) is 15.8. The number of amides is 1. The van der Waals surface area contributed by atoms with Crippen LogP contribution in [0.25, 0.3) is 0 Å². The van der Waals surface area contributed by atoms with Gasteiger partial charge < -0.3 is 9.64 Å². The molecule has 1 amide bonds. The summed E-state index contributed by atoms with van der Waals surface area (Å²) < 4.78 is 4.98. The average molecular weight is 297 g/mol. The minimum Gasteiger partial charge on any atom is -0.427 e. The summed E-state index contributed by atoms with van der Waals surface area (Å²) >= 11 is 0. The minimum atomic E-state index is -0.380. The Morgan fingerprint density at radius 2 is 1.68 bits per heavy atom. The number of hydrogen-bond acceptors (Lipinski definition) is 3. The molecule has 0 heterocycles. The van der Waals surface area contributed by atoms with Gasteiger partial charge in [-0.1, -0.05) is 18.2 Å². The lowest BCUT2D eigenvalue weighted by Gasteiger charge is -2.23. The number of rotatable bonds is 4. The van der Waals surface area contributed by atoms with E-state index in [9.17, 15) is 9.59 Å². The topological polar surface area (TPSA) is 46.6 Å². The molecule has 2 rings (SSSR count). The van der Waals surface area contributed by atoms with Crippen LogP contribution in [0.2, 0.25) is 0 Å². The predicted molar refractivity (Wildman–Crippen MR) is 86.3 cm³/mol. The van der Waals surface area contributed by atoms with Crippen LogP contribution < -0.4 is 9.64 Å². The second kappa shape index (κ2) is 6.89. The number of hydrogen-bond donors (Lipinski definition) is 0. The van der Waals surface area contributed by atoms with Crippen LogP contribution in [-0.2, 0) is 4.79 Å². The number of carbonyl (C=O) groups excluding carboxylic acids is 2. The van der Waals surface area contributed by atoms with Crippen molar-refractivity contribution in [3.63, 3.8) is 0 Å². The smallest absolute Gasteiger partial charge is 0.308 e. The van der Waals surface area contributed by atoms with E-state index < -0.39 is 0 Å². The molecule has 0 bridgehead atoms. The van der Waals surface area contributed by atoms with Crippen LogP contribution >= 0.6 is 0 Å². The second-order valence-electron chi connectivity index (χ2n) is 4.95. The van der Waals surface area contributed by atoms with E-state index in [1.54, 1.807) is 29.2 Å². The van der Waals surface area contributed by atoms with Crippen LogP contribution in [0, 0.1) is 6.92 Å². The summed E-state index contributed by atoms with van der Waals surface area (Å²) in [6.45, 7) is 5.85. The zero-order valence-corrected chi connectivity index (χ0v) is 13.0. The molecule has 0 aromatic heterocycles. The molecule has 0 atom stereocenters. The van der Waals surface area contributed by atoms with Gasteiger partial charge in [0.15, 0.2) is 0 Å². The molecule has 4 heteroatoms. The normalized spacial score (nSPS) is 10.1. The van der Waals surface area contributed by atoms with Gasteiger partial charge in [-0.25, -0.2) is 0 Å². The first-order chi connectivity index (χ1) is 10.5. The Balaban J connectivity index is 2.25. The van der Waals surface area contributed by atoms with Gasteiger partial charge >= 0.3 is 5.97 Å². The molecule has 2 aromatic rings. The zero-order chi connectivity index (χ0) is 16.1. The number of benzene rings is 2. The molecule has 0 aliphatic rings. The molecule has 2 aromatic carbocycles. The van der Waals surface area contributed by atoms with Gasteiger partial charge in [0.2, 0.25) is 0 Å². The summed E-state index contributed by atoms with van der Waals surface area (Å²) in [6.07, 6.45) is 0.